The maximum absolute atomic E-state index is 4.46. The largest absolute Gasteiger partial charge is 0.391 e. The van der Waals surface area contributed by atoms with E-state index in [9.17, 15) is 0 Å². The molecule has 4 nitrogen and oxygen atoms in total. The molecule has 0 fully saturated rings. The predicted octanol–water partition coefficient (Wildman–Crippen LogP) is 0.712. The van der Waals surface area contributed by atoms with Crippen molar-refractivity contribution in [3.05, 3.63) is 11.4 Å². The summed E-state index contributed by atoms with van der Waals surface area (Å²) in [5.41, 5.74) is 1.60. The van der Waals surface area contributed by atoms with Crippen LogP contribution in [0.4, 0.5) is 0 Å². The standard InChI is InChI=1S/C5H7N3OS/c1-3-4(2)7-8-5(6-3)9-10/h10H,1-2H3. The first kappa shape index (κ1) is 7.27. The van der Waals surface area contributed by atoms with Gasteiger partial charge in [0.05, 0.1) is 11.4 Å². The maximum Gasteiger partial charge on any atom is 0.348 e. The van der Waals surface area contributed by atoms with Crippen molar-refractivity contribution >= 4 is 12.9 Å². The van der Waals surface area contributed by atoms with Gasteiger partial charge in [-0.25, -0.2) is 0 Å². The van der Waals surface area contributed by atoms with Gasteiger partial charge in [0.2, 0.25) is 0 Å². The van der Waals surface area contributed by atoms with Gasteiger partial charge in [-0.05, 0) is 13.8 Å². The summed E-state index contributed by atoms with van der Waals surface area (Å²) >= 11 is 3.53. The molecule has 0 N–H and O–H groups in total. The number of aromatic nitrogens is 3. The van der Waals surface area contributed by atoms with Crippen molar-refractivity contribution in [2.75, 3.05) is 0 Å². The first-order valence-corrected chi connectivity index (χ1v) is 3.10. The third-order valence-electron chi connectivity index (χ3n) is 1.15. The monoisotopic (exact) mass is 157 g/mol. The summed E-state index contributed by atoms with van der Waals surface area (Å²) in [5, 5.41) is 7.36. The summed E-state index contributed by atoms with van der Waals surface area (Å²) in [6.45, 7) is 3.66. The fourth-order valence-electron chi connectivity index (χ4n) is 0.476. The van der Waals surface area contributed by atoms with E-state index < -0.39 is 0 Å². The molecule has 1 aromatic rings. The minimum absolute atomic E-state index is 0.187. The second kappa shape index (κ2) is 2.83. The van der Waals surface area contributed by atoms with Crippen molar-refractivity contribution in [1.29, 1.82) is 0 Å². The van der Waals surface area contributed by atoms with E-state index in [-0.39, 0.29) is 6.01 Å². The number of rotatable bonds is 1. The second-order valence-electron chi connectivity index (χ2n) is 1.86. The van der Waals surface area contributed by atoms with Gasteiger partial charge in [0.15, 0.2) is 0 Å². The van der Waals surface area contributed by atoms with E-state index in [0.29, 0.717) is 0 Å². The number of hydrogen-bond donors (Lipinski definition) is 1. The highest BCUT2D eigenvalue weighted by molar-refractivity contribution is 7.75. The summed E-state index contributed by atoms with van der Waals surface area (Å²) in [7, 11) is 0. The Labute approximate surface area is 64.3 Å². The molecule has 0 bridgehead atoms. The molecule has 1 heterocycles. The van der Waals surface area contributed by atoms with Gasteiger partial charge >= 0.3 is 6.01 Å². The van der Waals surface area contributed by atoms with Crippen molar-refractivity contribution < 1.29 is 4.18 Å². The van der Waals surface area contributed by atoms with E-state index in [1.807, 2.05) is 13.8 Å². The smallest absolute Gasteiger partial charge is 0.348 e. The molecule has 0 spiro atoms. The number of hydrogen-bond acceptors (Lipinski definition) is 5. The lowest BCUT2D eigenvalue weighted by atomic mass is 10.4. The average molecular weight is 157 g/mol. The van der Waals surface area contributed by atoms with Crippen LogP contribution < -0.4 is 4.18 Å². The molecule has 1 aromatic heterocycles. The van der Waals surface area contributed by atoms with Crippen LogP contribution in [0.3, 0.4) is 0 Å². The van der Waals surface area contributed by atoms with Gasteiger partial charge in [-0.1, -0.05) is 5.10 Å². The van der Waals surface area contributed by atoms with Crippen molar-refractivity contribution in [2.45, 2.75) is 13.8 Å². The summed E-state index contributed by atoms with van der Waals surface area (Å²) in [6, 6.07) is 0.187. The lowest BCUT2D eigenvalue weighted by Crippen LogP contribution is -1.96. The zero-order chi connectivity index (χ0) is 7.56. The van der Waals surface area contributed by atoms with E-state index in [1.54, 1.807) is 0 Å². The summed E-state index contributed by atoms with van der Waals surface area (Å²) in [4.78, 5) is 3.92. The Bertz CT molecular complexity index is 240. The summed E-state index contributed by atoms with van der Waals surface area (Å²) in [5.74, 6) is 0. The highest BCUT2D eigenvalue weighted by Crippen LogP contribution is 2.04. The molecular weight excluding hydrogens is 150 g/mol. The number of nitrogens with zero attached hydrogens (tertiary/aromatic N) is 3. The van der Waals surface area contributed by atoms with Crippen LogP contribution in [-0.4, -0.2) is 15.2 Å². The topological polar surface area (TPSA) is 47.9 Å². The van der Waals surface area contributed by atoms with Gasteiger partial charge in [0, 0.05) is 12.9 Å². The molecule has 0 aliphatic rings. The molecule has 5 heteroatoms. The molecule has 1 rings (SSSR count). The highest BCUT2D eigenvalue weighted by atomic mass is 32.1. The van der Waals surface area contributed by atoms with E-state index in [0.717, 1.165) is 11.4 Å². The fraction of sp³-hybridized carbons (Fsp3) is 0.400. The molecular formula is C5H7N3OS. The second-order valence-corrected chi connectivity index (χ2v) is 2.04. The van der Waals surface area contributed by atoms with Crippen LogP contribution in [0, 0.1) is 13.8 Å². The third kappa shape index (κ3) is 1.36. The first-order valence-electron chi connectivity index (χ1n) is 2.73. The Hall–Kier alpha value is -0.840. The molecule has 0 saturated carbocycles. The lowest BCUT2D eigenvalue weighted by molar-refractivity contribution is 0.570. The van der Waals surface area contributed by atoms with Crippen molar-refractivity contribution in [1.82, 2.24) is 15.2 Å². The lowest BCUT2D eigenvalue weighted by Gasteiger charge is -1.97. The molecule has 0 aliphatic carbocycles. The molecule has 54 valence electrons. The molecule has 0 amide bonds. The summed E-state index contributed by atoms with van der Waals surface area (Å²) < 4.78 is 4.46. The normalized spacial score (nSPS) is 9.50. The Morgan fingerprint density at radius 1 is 1.20 bits per heavy atom. The van der Waals surface area contributed by atoms with Crippen molar-refractivity contribution in [3.8, 4) is 6.01 Å². The summed E-state index contributed by atoms with van der Waals surface area (Å²) in [6.07, 6.45) is 0. The molecule has 0 atom stereocenters. The van der Waals surface area contributed by atoms with Gasteiger partial charge in [0.25, 0.3) is 0 Å². The van der Waals surface area contributed by atoms with E-state index in [2.05, 4.69) is 32.3 Å². The average Bonchev–Trinajstić information content (AvgIpc) is 1.95. The molecule has 0 radical (unpaired) electrons. The van der Waals surface area contributed by atoms with Crippen LogP contribution in [0.1, 0.15) is 11.4 Å². The Kier molecular flexibility index (Phi) is 2.06. The van der Waals surface area contributed by atoms with E-state index in [4.69, 9.17) is 0 Å². The van der Waals surface area contributed by atoms with Crippen LogP contribution in [0.15, 0.2) is 0 Å². The SMILES string of the molecule is Cc1nnc(OS)nc1C. The van der Waals surface area contributed by atoms with Gasteiger partial charge in [-0.3, -0.25) is 0 Å². The molecule has 0 aromatic carbocycles. The van der Waals surface area contributed by atoms with Crippen molar-refractivity contribution in [3.63, 3.8) is 0 Å². The molecule has 0 saturated heterocycles. The van der Waals surface area contributed by atoms with Crippen LogP contribution in [0.2, 0.25) is 0 Å². The zero-order valence-electron chi connectivity index (χ0n) is 5.70. The van der Waals surface area contributed by atoms with E-state index >= 15 is 0 Å². The van der Waals surface area contributed by atoms with Crippen LogP contribution >= 0.6 is 12.9 Å². The highest BCUT2D eigenvalue weighted by Gasteiger charge is 1.99. The van der Waals surface area contributed by atoms with Crippen molar-refractivity contribution in [2.24, 2.45) is 0 Å². The quantitative estimate of drug-likeness (QED) is 0.482. The Morgan fingerprint density at radius 2 is 1.90 bits per heavy atom. The fourth-order valence-corrected chi connectivity index (χ4v) is 0.553. The van der Waals surface area contributed by atoms with Gasteiger partial charge in [0.1, 0.15) is 0 Å². The number of aryl methyl sites for hydroxylation is 2. The minimum atomic E-state index is 0.187. The van der Waals surface area contributed by atoms with Crippen LogP contribution in [0.25, 0.3) is 0 Å². The minimum Gasteiger partial charge on any atom is -0.391 e. The molecule has 0 aliphatic heterocycles. The van der Waals surface area contributed by atoms with Gasteiger partial charge in [-0.2, -0.15) is 4.98 Å². The van der Waals surface area contributed by atoms with Crippen LogP contribution in [-0.2, 0) is 0 Å². The van der Waals surface area contributed by atoms with E-state index in [1.165, 1.54) is 0 Å². The molecule has 10 heavy (non-hydrogen) atoms. The van der Waals surface area contributed by atoms with Gasteiger partial charge < -0.3 is 4.18 Å². The maximum atomic E-state index is 4.46. The Balaban J connectivity index is 3.04. The zero-order valence-corrected chi connectivity index (χ0v) is 6.59. The molecule has 0 unspecified atom stereocenters. The van der Waals surface area contributed by atoms with Gasteiger partial charge in [-0.15, -0.1) is 5.10 Å². The predicted molar refractivity (Wildman–Crippen MR) is 38.9 cm³/mol. The third-order valence-corrected chi connectivity index (χ3v) is 1.32. The van der Waals surface area contributed by atoms with Crippen LogP contribution in [0.5, 0.6) is 6.01 Å². The Morgan fingerprint density at radius 3 is 2.40 bits per heavy atom. The number of thiol groups is 1. The first-order chi connectivity index (χ1) is 4.74.